The van der Waals surface area contributed by atoms with Crippen LogP contribution in [0.15, 0.2) is 36.5 Å². The van der Waals surface area contributed by atoms with Crippen LogP contribution in [-0.2, 0) is 6.61 Å². The number of hydrogen-bond acceptors (Lipinski definition) is 5. The van der Waals surface area contributed by atoms with E-state index in [9.17, 15) is 4.79 Å². The molecular weight excluding hydrogens is 258 g/mol. The molecule has 0 radical (unpaired) electrons. The molecule has 0 N–H and O–H groups in total. The first-order valence-electron chi connectivity index (χ1n) is 6.02. The summed E-state index contributed by atoms with van der Waals surface area (Å²) in [5, 5.41) is 0. The molecule has 0 amide bonds. The Balaban J connectivity index is 2.19. The maximum absolute atomic E-state index is 10.8. The van der Waals surface area contributed by atoms with Crippen LogP contribution in [0.25, 0.3) is 0 Å². The molecule has 0 aliphatic carbocycles. The number of aldehydes is 1. The fourth-order valence-corrected chi connectivity index (χ4v) is 1.75. The van der Waals surface area contributed by atoms with Crippen LogP contribution < -0.4 is 14.2 Å². The number of methoxy groups -OCH3 is 2. The molecule has 0 spiro atoms. The summed E-state index contributed by atoms with van der Waals surface area (Å²) in [5.41, 5.74) is 1.34. The Morgan fingerprint density at radius 3 is 2.70 bits per heavy atom. The van der Waals surface area contributed by atoms with Gasteiger partial charge in [0.2, 0.25) is 5.88 Å². The molecule has 0 atom stereocenters. The summed E-state index contributed by atoms with van der Waals surface area (Å²) in [7, 11) is 3.10. The summed E-state index contributed by atoms with van der Waals surface area (Å²) in [4.78, 5) is 14.9. The van der Waals surface area contributed by atoms with Gasteiger partial charge < -0.3 is 14.2 Å². The minimum atomic E-state index is 0.273. The van der Waals surface area contributed by atoms with Crippen molar-refractivity contribution in [1.82, 2.24) is 4.98 Å². The molecule has 1 heterocycles. The molecule has 2 rings (SSSR count). The van der Waals surface area contributed by atoms with Gasteiger partial charge in [-0.05, 0) is 30.3 Å². The summed E-state index contributed by atoms with van der Waals surface area (Å²) >= 11 is 0. The molecule has 2 aromatic rings. The van der Waals surface area contributed by atoms with Gasteiger partial charge in [0.1, 0.15) is 12.9 Å². The molecule has 0 saturated carbocycles. The van der Waals surface area contributed by atoms with E-state index in [1.54, 1.807) is 44.7 Å². The summed E-state index contributed by atoms with van der Waals surface area (Å²) in [6.45, 7) is 0.273. The van der Waals surface area contributed by atoms with Gasteiger partial charge in [0, 0.05) is 11.8 Å². The third-order valence-electron chi connectivity index (χ3n) is 2.75. The van der Waals surface area contributed by atoms with Gasteiger partial charge in [0.05, 0.1) is 19.8 Å². The minimum absolute atomic E-state index is 0.273. The third-order valence-corrected chi connectivity index (χ3v) is 2.75. The van der Waals surface area contributed by atoms with Crippen LogP contribution in [-0.4, -0.2) is 25.5 Å². The van der Waals surface area contributed by atoms with Gasteiger partial charge in [-0.2, -0.15) is 0 Å². The highest BCUT2D eigenvalue weighted by Gasteiger charge is 2.08. The number of carbonyl (C=O) groups excluding carboxylic acids is 1. The first-order chi connectivity index (χ1) is 9.78. The fourth-order valence-electron chi connectivity index (χ4n) is 1.75. The van der Waals surface area contributed by atoms with Crippen molar-refractivity contribution < 1.29 is 19.0 Å². The van der Waals surface area contributed by atoms with Crippen molar-refractivity contribution in [3.8, 4) is 17.4 Å². The minimum Gasteiger partial charge on any atom is -0.493 e. The molecule has 20 heavy (non-hydrogen) atoms. The Morgan fingerprint density at radius 1 is 1.15 bits per heavy atom. The monoisotopic (exact) mass is 273 g/mol. The summed E-state index contributed by atoms with van der Waals surface area (Å²) in [6, 6.07) is 8.67. The van der Waals surface area contributed by atoms with Crippen molar-refractivity contribution in [3.63, 3.8) is 0 Å². The fraction of sp³-hybridized carbons (Fsp3) is 0.200. The number of rotatable bonds is 6. The Hall–Kier alpha value is -2.56. The summed E-state index contributed by atoms with van der Waals surface area (Å²) < 4.78 is 16.1. The predicted molar refractivity (Wildman–Crippen MR) is 73.5 cm³/mol. The van der Waals surface area contributed by atoms with Crippen LogP contribution in [0.1, 0.15) is 15.9 Å². The zero-order valence-electron chi connectivity index (χ0n) is 11.3. The Morgan fingerprint density at radius 2 is 2.00 bits per heavy atom. The van der Waals surface area contributed by atoms with Crippen molar-refractivity contribution in [2.45, 2.75) is 6.61 Å². The normalized spacial score (nSPS) is 9.90. The first-order valence-corrected chi connectivity index (χ1v) is 6.02. The van der Waals surface area contributed by atoms with Crippen LogP contribution in [0.5, 0.6) is 17.4 Å². The second-order valence-electron chi connectivity index (χ2n) is 3.99. The number of pyridine rings is 1. The van der Waals surface area contributed by atoms with Crippen molar-refractivity contribution in [2.24, 2.45) is 0 Å². The molecule has 1 aromatic carbocycles. The smallest absolute Gasteiger partial charge is 0.219 e. The molecule has 1 aromatic heterocycles. The van der Waals surface area contributed by atoms with Crippen LogP contribution in [0.3, 0.4) is 0 Å². The SMILES string of the molecule is COc1ccc(C=O)cc1OCc1cccnc1OC. The number of carbonyl (C=O) groups is 1. The summed E-state index contributed by atoms with van der Waals surface area (Å²) in [6.07, 6.45) is 2.41. The van der Waals surface area contributed by atoms with E-state index in [1.807, 2.05) is 6.07 Å². The number of benzene rings is 1. The molecular formula is C15H15NO4. The third kappa shape index (κ3) is 3.06. The topological polar surface area (TPSA) is 57.7 Å². The molecule has 0 unspecified atom stereocenters. The molecule has 0 aliphatic heterocycles. The van der Waals surface area contributed by atoms with E-state index in [1.165, 1.54) is 0 Å². The van der Waals surface area contributed by atoms with Crippen LogP contribution in [0.2, 0.25) is 0 Å². The Kier molecular flexibility index (Phi) is 4.55. The van der Waals surface area contributed by atoms with Gasteiger partial charge in [-0.15, -0.1) is 0 Å². The highest BCUT2D eigenvalue weighted by Crippen LogP contribution is 2.29. The second kappa shape index (κ2) is 6.56. The van der Waals surface area contributed by atoms with E-state index >= 15 is 0 Å². The number of aromatic nitrogens is 1. The summed E-state index contributed by atoms with van der Waals surface area (Å²) in [5.74, 6) is 1.58. The van der Waals surface area contributed by atoms with Gasteiger partial charge in [0.15, 0.2) is 11.5 Å². The lowest BCUT2D eigenvalue weighted by Crippen LogP contribution is -2.01. The lowest BCUT2D eigenvalue weighted by molar-refractivity contribution is 0.112. The van der Waals surface area contributed by atoms with Gasteiger partial charge in [-0.1, -0.05) is 0 Å². The maximum Gasteiger partial charge on any atom is 0.219 e. The Bertz CT molecular complexity index is 598. The van der Waals surface area contributed by atoms with Gasteiger partial charge >= 0.3 is 0 Å². The van der Waals surface area contributed by atoms with Crippen molar-refractivity contribution in [1.29, 1.82) is 0 Å². The second-order valence-corrected chi connectivity index (χ2v) is 3.99. The zero-order chi connectivity index (χ0) is 14.4. The number of hydrogen-bond donors (Lipinski definition) is 0. The molecule has 5 heteroatoms. The zero-order valence-corrected chi connectivity index (χ0v) is 11.3. The van der Waals surface area contributed by atoms with E-state index in [0.717, 1.165) is 11.8 Å². The first kappa shape index (κ1) is 13.9. The molecule has 0 saturated heterocycles. The average molecular weight is 273 g/mol. The Labute approximate surface area is 117 Å². The van der Waals surface area contributed by atoms with Crippen LogP contribution >= 0.6 is 0 Å². The molecule has 0 aliphatic rings. The highest BCUT2D eigenvalue weighted by molar-refractivity contribution is 5.76. The van der Waals surface area contributed by atoms with Crippen molar-refractivity contribution in [2.75, 3.05) is 14.2 Å². The van der Waals surface area contributed by atoms with E-state index in [-0.39, 0.29) is 6.61 Å². The van der Waals surface area contributed by atoms with E-state index in [4.69, 9.17) is 14.2 Å². The quantitative estimate of drug-likeness (QED) is 0.757. The highest BCUT2D eigenvalue weighted by atomic mass is 16.5. The largest absolute Gasteiger partial charge is 0.493 e. The predicted octanol–water partition coefficient (Wildman–Crippen LogP) is 2.49. The lowest BCUT2D eigenvalue weighted by Gasteiger charge is -2.12. The maximum atomic E-state index is 10.8. The van der Waals surface area contributed by atoms with Crippen LogP contribution in [0, 0.1) is 0 Å². The number of ether oxygens (including phenoxy) is 3. The van der Waals surface area contributed by atoms with Gasteiger partial charge in [-0.3, -0.25) is 4.79 Å². The van der Waals surface area contributed by atoms with E-state index in [0.29, 0.717) is 22.9 Å². The molecule has 5 nitrogen and oxygen atoms in total. The molecule has 0 bridgehead atoms. The van der Waals surface area contributed by atoms with Crippen molar-refractivity contribution in [3.05, 3.63) is 47.7 Å². The van der Waals surface area contributed by atoms with Crippen LogP contribution in [0.4, 0.5) is 0 Å². The standard InChI is InChI=1S/C15H15NO4/c1-18-13-6-5-11(9-17)8-14(13)20-10-12-4-3-7-16-15(12)19-2/h3-9H,10H2,1-2H3. The average Bonchev–Trinajstić information content (AvgIpc) is 2.52. The van der Waals surface area contributed by atoms with Gasteiger partial charge in [-0.25, -0.2) is 4.98 Å². The van der Waals surface area contributed by atoms with E-state index < -0.39 is 0 Å². The van der Waals surface area contributed by atoms with Crippen molar-refractivity contribution >= 4 is 6.29 Å². The lowest BCUT2D eigenvalue weighted by atomic mass is 10.2. The molecule has 104 valence electrons. The molecule has 0 fully saturated rings. The van der Waals surface area contributed by atoms with Gasteiger partial charge in [0.25, 0.3) is 0 Å². The number of nitrogens with zero attached hydrogens (tertiary/aromatic N) is 1. The van der Waals surface area contributed by atoms with E-state index in [2.05, 4.69) is 4.98 Å².